The number of likely N-dealkylation sites (tertiary alicyclic amines) is 1. The fraction of sp³-hybridized carbons (Fsp3) is 0.357. The molecule has 1 saturated heterocycles. The second-order valence-electron chi connectivity index (χ2n) is 13.6. The van der Waals surface area contributed by atoms with Gasteiger partial charge in [-0.2, -0.15) is 13.2 Å². The number of nitrogens with zero attached hydrogens (tertiary/aromatic N) is 1. The van der Waals surface area contributed by atoms with Gasteiger partial charge in [-0.3, -0.25) is 15.0 Å². The summed E-state index contributed by atoms with van der Waals surface area (Å²) in [4.78, 5) is 37.6. The Morgan fingerprint density at radius 1 is 0.909 bits per heavy atom. The number of nitrogens with one attached hydrogen (secondary N) is 1. The number of carboxylic acids is 1. The highest BCUT2D eigenvalue weighted by atomic mass is 19.4. The lowest BCUT2D eigenvalue weighted by Gasteiger charge is -2.45. The Morgan fingerprint density at radius 2 is 1.56 bits per heavy atom. The fourth-order valence-corrected chi connectivity index (χ4v) is 7.01. The second-order valence-corrected chi connectivity index (χ2v) is 13.6. The van der Waals surface area contributed by atoms with Gasteiger partial charge in [-0.1, -0.05) is 85.8 Å². The third-order valence-electron chi connectivity index (χ3n) is 9.59. The summed E-state index contributed by atoms with van der Waals surface area (Å²) in [5, 5.41) is 10.0. The number of hydrogen-bond acceptors (Lipinski definition) is 8. The fourth-order valence-electron chi connectivity index (χ4n) is 7.01. The molecule has 0 saturated carbocycles. The molecule has 4 aromatic carbocycles. The molecule has 13 heteroatoms. The molecule has 0 radical (unpaired) electrons. The number of nitrogens with two attached hydrogens (primary N) is 1. The number of ether oxygens (including phenoxy) is 3. The van der Waals surface area contributed by atoms with E-state index in [1.165, 1.54) is 18.4 Å². The standard InChI is InChI=1S/C40H45N3O5.C2HF3O2/c1-2-20-43-21-10-16-32-24-34-31(25-36(32)43)18-19-37(46-26-28-11-5-3-6-12-28)38(34)48-40(45)42-33-17-9-15-30(22-33)23-35(41)39(44)47-27-29-13-7-4-8-14-29;3-2(4,5)1(6)7/h3-9,11-15,17-19,22,32,35-36H,2,10,16,20-21,23-27,41H2,1H3,(H,42,45);(H,6,7)/t32-,35?,36-;/m1./s1. The van der Waals surface area contributed by atoms with Gasteiger partial charge in [-0.15, -0.1) is 0 Å². The van der Waals surface area contributed by atoms with E-state index in [-0.39, 0.29) is 13.0 Å². The number of fused-ring (bicyclic) bond motifs is 2. The van der Waals surface area contributed by atoms with Gasteiger partial charge >= 0.3 is 24.2 Å². The van der Waals surface area contributed by atoms with E-state index in [0.29, 0.717) is 35.8 Å². The van der Waals surface area contributed by atoms with Gasteiger partial charge in [0, 0.05) is 17.3 Å². The first kappa shape index (κ1) is 40.8. The predicted molar refractivity (Wildman–Crippen MR) is 201 cm³/mol. The van der Waals surface area contributed by atoms with E-state index < -0.39 is 30.2 Å². The van der Waals surface area contributed by atoms with Crippen molar-refractivity contribution in [3.05, 3.63) is 125 Å². The van der Waals surface area contributed by atoms with E-state index in [1.807, 2.05) is 78.9 Å². The van der Waals surface area contributed by atoms with Crippen molar-refractivity contribution in [3.8, 4) is 11.5 Å². The van der Waals surface area contributed by atoms with Crippen LogP contribution < -0.4 is 20.5 Å². The number of amides is 1. The third kappa shape index (κ3) is 11.8. The molecule has 4 aromatic rings. The minimum atomic E-state index is -5.08. The average Bonchev–Trinajstić information content (AvgIpc) is 3.17. The second kappa shape index (κ2) is 19.3. The Hall–Kier alpha value is -5.40. The molecular weight excluding hydrogens is 715 g/mol. The van der Waals surface area contributed by atoms with Crippen LogP contribution >= 0.6 is 0 Å². The SMILES string of the molecule is CCCN1CCC[C@@H]2Cc3c(ccc(OCc4ccccc4)c3OC(=O)Nc3cccc(CC(N)C(=O)OCc4ccccc4)c3)C[C@H]21.O=C(O)C(F)(F)F. The Kier molecular flexibility index (Phi) is 14.3. The number of alkyl halides is 3. The number of rotatable bonds is 12. The molecule has 2 aliphatic rings. The Bertz CT molecular complexity index is 1890. The van der Waals surface area contributed by atoms with Crippen LogP contribution in [-0.4, -0.2) is 59.4 Å². The van der Waals surface area contributed by atoms with Crippen LogP contribution in [0.5, 0.6) is 11.5 Å². The topological polar surface area (TPSA) is 140 Å². The summed E-state index contributed by atoms with van der Waals surface area (Å²) in [7, 11) is 0. The maximum Gasteiger partial charge on any atom is 0.490 e. The summed E-state index contributed by atoms with van der Waals surface area (Å²) in [5.74, 6) is -1.68. The highest BCUT2D eigenvalue weighted by Gasteiger charge is 2.39. The van der Waals surface area contributed by atoms with Crippen molar-refractivity contribution in [3.63, 3.8) is 0 Å². The number of anilines is 1. The molecule has 1 aliphatic heterocycles. The van der Waals surface area contributed by atoms with Crippen LogP contribution in [0.3, 0.4) is 0 Å². The summed E-state index contributed by atoms with van der Waals surface area (Å²) < 4.78 is 49.6. The number of hydrogen-bond donors (Lipinski definition) is 3. The van der Waals surface area contributed by atoms with Crippen LogP contribution in [0.15, 0.2) is 97.1 Å². The number of halogens is 3. The van der Waals surface area contributed by atoms with Gasteiger partial charge in [0.2, 0.25) is 0 Å². The summed E-state index contributed by atoms with van der Waals surface area (Å²) in [6.07, 6.45) is -0.148. The summed E-state index contributed by atoms with van der Waals surface area (Å²) in [6, 6.07) is 30.5. The van der Waals surface area contributed by atoms with E-state index >= 15 is 0 Å². The van der Waals surface area contributed by atoms with E-state index in [9.17, 15) is 22.8 Å². The molecule has 0 aromatic heterocycles. The molecule has 1 heterocycles. The van der Waals surface area contributed by atoms with Crippen LogP contribution in [0, 0.1) is 5.92 Å². The molecule has 10 nitrogen and oxygen atoms in total. The number of benzene rings is 4. The van der Waals surface area contributed by atoms with E-state index in [1.54, 1.807) is 12.1 Å². The number of esters is 1. The number of piperidine rings is 1. The molecule has 55 heavy (non-hydrogen) atoms. The van der Waals surface area contributed by atoms with Gasteiger partial charge < -0.3 is 25.1 Å². The molecule has 4 N–H and O–H groups in total. The zero-order valence-electron chi connectivity index (χ0n) is 30.6. The first-order chi connectivity index (χ1) is 26.4. The highest BCUT2D eigenvalue weighted by Crippen LogP contribution is 2.43. The van der Waals surface area contributed by atoms with Gasteiger partial charge in [0.15, 0.2) is 11.5 Å². The quantitative estimate of drug-likeness (QED) is 0.124. The normalized spacial score (nSPS) is 17.0. The number of carboxylic acid groups (broad SMARTS) is 1. The lowest BCUT2D eigenvalue weighted by atomic mass is 9.75. The third-order valence-corrected chi connectivity index (χ3v) is 9.59. The van der Waals surface area contributed by atoms with E-state index in [0.717, 1.165) is 54.6 Å². The molecule has 1 unspecified atom stereocenters. The van der Waals surface area contributed by atoms with Gasteiger partial charge in [-0.05, 0) is 98.0 Å². The molecule has 0 bridgehead atoms. The average molecular weight is 762 g/mol. The van der Waals surface area contributed by atoms with Crippen molar-refractivity contribution in [1.82, 2.24) is 4.90 Å². The number of carbonyl (C=O) groups is 3. The predicted octanol–water partition coefficient (Wildman–Crippen LogP) is 7.71. The van der Waals surface area contributed by atoms with Gasteiger partial charge in [0.05, 0.1) is 0 Å². The first-order valence-corrected chi connectivity index (χ1v) is 18.3. The lowest BCUT2D eigenvalue weighted by Crippen LogP contribution is -2.49. The Balaban J connectivity index is 0.000000757. The van der Waals surface area contributed by atoms with Crippen molar-refractivity contribution in [2.75, 3.05) is 18.4 Å². The van der Waals surface area contributed by atoms with Crippen molar-refractivity contribution in [2.45, 2.75) is 76.9 Å². The summed E-state index contributed by atoms with van der Waals surface area (Å²) in [6.45, 7) is 5.03. The van der Waals surface area contributed by atoms with E-state index in [2.05, 4.69) is 23.2 Å². The molecule has 292 valence electrons. The molecule has 1 amide bonds. The Morgan fingerprint density at radius 3 is 2.22 bits per heavy atom. The smallest absolute Gasteiger partial charge is 0.485 e. The summed E-state index contributed by atoms with van der Waals surface area (Å²) in [5.41, 5.74) is 11.7. The van der Waals surface area contributed by atoms with Crippen LogP contribution in [0.4, 0.5) is 23.7 Å². The van der Waals surface area contributed by atoms with Crippen molar-refractivity contribution in [1.29, 1.82) is 0 Å². The number of carbonyl (C=O) groups excluding carboxylic acids is 2. The van der Waals surface area contributed by atoms with Crippen LogP contribution in [-0.2, 0) is 46.8 Å². The molecule has 1 aliphatic carbocycles. The highest BCUT2D eigenvalue weighted by molar-refractivity contribution is 5.87. The van der Waals surface area contributed by atoms with Gasteiger partial charge in [-0.25, -0.2) is 9.59 Å². The monoisotopic (exact) mass is 761 g/mol. The van der Waals surface area contributed by atoms with E-state index in [4.69, 9.17) is 29.8 Å². The maximum absolute atomic E-state index is 13.5. The van der Waals surface area contributed by atoms with Crippen LogP contribution in [0.25, 0.3) is 0 Å². The zero-order chi connectivity index (χ0) is 39.4. The molecule has 3 atom stereocenters. The zero-order valence-corrected chi connectivity index (χ0v) is 30.6. The maximum atomic E-state index is 13.5. The van der Waals surface area contributed by atoms with Crippen LogP contribution in [0.2, 0.25) is 0 Å². The van der Waals surface area contributed by atoms with Crippen molar-refractivity contribution in [2.24, 2.45) is 11.7 Å². The molecular formula is C42H46F3N3O7. The molecule has 6 rings (SSSR count). The summed E-state index contributed by atoms with van der Waals surface area (Å²) >= 11 is 0. The molecule has 0 spiro atoms. The Labute approximate surface area is 318 Å². The lowest BCUT2D eigenvalue weighted by molar-refractivity contribution is -0.192. The van der Waals surface area contributed by atoms with Crippen LogP contribution in [0.1, 0.15) is 54.0 Å². The first-order valence-electron chi connectivity index (χ1n) is 18.3. The van der Waals surface area contributed by atoms with Crippen molar-refractivity contribution < 1.29 is 46.9 Å². The largest absolute Gasteiger partial charge is 0.490 e. The minimum absolute atomic E-state index is 0.166. The minimum Gasteiger partial charge on any atom is -0.485 e. The number of aliphatic carboxylic acids is 1. The molecule has 1 fully saturated rings. The van der Waals surface area contributed by atoms with Crippen molar-refractivity contribution >= 4 is 23.7 Å². The van der Waals surface area contributed by atoms with Gasteiger partial charge in [0.25, 0.3) is 0 Å². The van der Waals surface area contributed by atoms with Gasteiger partial charge in [0.1, 0.15) is 19.3 Å².